The molecule has 7 heteroatoms. The summed E-state index contributed by atoms with van der Waals surface area (Å²) in [6.07, 6.45) is 0. The van der Waals surface area contributed by atoms with Crippen LogP contribution >= 0.6 is 22.7 Å². The van der Waals surface area contributed by atoms with Gasteiger partial charge in [0.15, 0.2) is 11.5 Å². The molecule has 0 N–H and O–H groups in total. The van der Waals surface area contributed by atoms with Crippen molar-refractivity contribution in [2.75, 3.05) is 14.7 Å². The van der Waals surface area contributed by atoms with Crippen LogP contribution in [0.5, 0.6) is 11.5 Å². The first-order chi connectivity index (χ1) is 37.5. The van der Waals surface area contributed by atoms with Gasteiger partial charge >= 0.3 is 0 Å². The van der Waals surface area contributed by atoms with Gasteiger partial charge in [0.1, 0.15) is 0 Å². The zero-order valence-corrected chi connectivity index (χ0v) is 45.7. The molecule has 0 aliphatic carbocycles. The number of ether oxygens (including phenoxy) is 1. The molecule has 2 aromatic heterocycles. The van der Waals surface area contributed by atoms with E-state index in [1.807, 2.05) is 22.7 Å². The molecular weight excluding hydrogens is 974 g/mol. The van der Waals surface area contributed by atoms with Crippen LogP contribution in [0.1, 0.15) is 52.7 Å². The maximum Gasteiger partial charge on any atom is 0.277 e. The van der Waals surface area contributed by atoms with Crippen LogP contribution in [0.2, 0.25) is 0 Å². The Kier molecular flexibility index (Phi) is 11.1. The van der Waals surface area contributed by atoms with Gasteiger partial charge in [-0.05, 0) is 110 Å². The molecule has 372 valence electrons. The summed E-state index contributed by atoms with van der Waals surface area (Å²) >= 11 is 3.92. The second-order valence-corrected chi connectivity index (χ2v) is 24.6. The number of para-hydroxylation sites is 4. The number of fused-ring (bicyclic) bond motifs is 6. The van der Waals surface area contributed by atoms with Gasteiger partial charge < -0.3 is 19.4 Å². The molecule has 0 spiro atoms. The van der Waals surface area contributed by atoms with Crippen molar-refractivity contribution < 1.29 is 4.74 Å². The topological polar surface area (TPSA) is 19.0 Å². The zero-order chi connectivity index (χ0) is 52.2. The van der Waals surface area contributed by atoms with E-state index in [2.05, 4.69) is 287 Å². The minimum atomic E-state index is -0.131. The first-order valence-electron chi connectivity index (χ1n) is 26.7. The number of hydrogen-bond donors (Lipinski definition) is 0. The quantitative estimate of drug-likeness (QED) is 0.148. The van der Waals surface area contributed by atoms with Gasteiger partial charge in [-0.2, -0.15) is 0 Å². The Morgan fingerprint density at radius 2 is 0.701 bits per heavy atom. The minimum Gasteiger partial charge on any atom is -0.453 e. The van der Waals surface area contributed by atoms with Crippen molar-refractivity contribution in [3.63, 3.8) is 0 Å². The van der Waals surface area contributed by atoms with Crippen LogP contribution in [-0.4, -0.2) is 6.71 Å². The Morgan fingerprint density at radius 1 is 0.351 bits per heavy atom. The maximum absolute atomic E-state index is 6.74. The summed E-state index contributed by atoms with van der Waals surface area (Å²) in [5, 5.41) is 0. The predicted molar refractivity (Wildman–Crippen MR) is 330 cm³/mol. The normalized spacial score (nSPS) is 13.3. The predicted octanol–water partition coefficient (Wildman–Crippen LogP) is 18.7. The number of hydrogen-bond acceptors (Lipinski definition) is 6. The summed E-state index contributed by atoms with van der Waals surface area (Å²) in [6.45, 7) is 13.7. The van der Waals surface area contributed by atoms with Crippen LogP contribution in [0.3, 0.4) is 0 Å². The van der Waals surface area contributed by atoms with Crippen molar-refractivity contribution in [2.24, 2.45) is 0 Å². The van der Waals surface area contributed by atoms with E-state index >= 15 is 0 Å². The summed E-state index contributed by atoms with van der Waals surface area (Å²) in [4.78, 5) is 10.2. The molecule has 11 aromatic rings. The summed E-state index contributed by atoms with van der Waals surface area (Å²) in [6, 6.07) is 85.1. The summed E-state index contributed by atoms with van der Waals surface area (Å²) in [7, 11) is 0. The Bertz CT molecular complexity index is 3770. The molecule has 3 aliphatic rings. The molecule has 0 saturated heterocycles. The molecule has 5 heterocycles. The van der Waals surface area contributed by atoms with E-state index in [1.165, 1.54) is 80.7 Å². The second kappa shape index (κ2) is 18.2. The zero-order valence-electron chi connectivity index (χ0n) is 44.1. The molecule has 0 fully saturated rings. The largest absolute Gasteiger partial charge is 0.453 e. The van der Waals surface area contributed by atoms with E-state index in [-0.39, 0.29) is 17.5 Å². The third kappa shape index (κ3) is 7.77. The van der Waals surface area contributed by atoms with Crippen LogP contribution in [0.4, 0.5) is 51.2 Å². The SMILES string of the molecule is CC(C)(C)c1ccc(N2c3cc(N4c5ccccc5Oc5ccccc54)cc4c3B(c3sc(-c5ccccc5)c(-c5ccccc5)c32)c2sc(-c3ccccc3)c(-c3ccccc3)c2N4c2ccc(C(C)(C)C)cc2)cc1. The Balaban J connectivity index is 1.18. The number of anilines is 9. The van der Waals surface area contributed by atoms with Crippen LogP contribution < -0.4 is 34.5 Å². The third-order valence-corrected chi connectivity index (χ3v) is 18.1. The fraction of sp³-hybridized carbons (Fsp3) is 0.114. The molecule has 3 aliphatic heterocycles. The van der Waals surface area contributed by atoms with Crippen molar-refractivity contribution in [2.45, 2.75) is 52.4 Å². The Morgan fingerprint density at radius 3 is 1.08 bits per heavy atom. The van der Waals surface area contributed by atoms with Crippen LogP contribution in [0, 0.1) is 0 Å². The molecule has 14 rings (SSSR count). The monoisotopic (exact) mass is 1030 g/mol. The summed E-state index contributed by atoms with van der Waals surface area (Å²) < 4.78 is 9.40. The summed E-state index contributed by atoms with van der Waals surface area (Å²) in [5.41, 5.74) is 21.0. The van der Waals surface area contributed by atoms with Crippen molar-refractivity contribution in [1.29, 1.82) is 0 Å². The molecule has 0 amide bonds. The van der Waals surface area contributed by atoms with Gasteiger partial charge in [0.2, 0.25) is 0 Å². The van der Waals surface area contributed by atoms with Crippen molar-refractivity contribution in [3.8, 4) is 54.6 Å². The molecular formula is C70H56BN3OS2. The van der Waals surface area contributed by atoms with Crippen molar-refractivity contribution in [1.82, 2.24) is 0 Å². The highest BCUT2D eigenvalue weighted by molar-refractivity contribution is 7.39. The van der Waals surface area contributed by atoms with Gasteiger partial charge in [0.25, 0.3) is 6.71 Å². The number of nitrogens with zero attached hydrogens (tertiary/aromatic N) is 3. The lowest BCUT2D eigenvalue weighted by Gasteiger charge is -2.44. The van der Waals surface area contributed by atoms with Gasteiger partial charge in [0.05, 0.1) is 28.4 Å². The van der Waals surface area contributed by atoms with E-state index in [0.29, 0.717) is 0 Å². The summed E-state index contributed by atoms with van der Waals surface area (Å²) in [5.74, 6) is 1.63. The fourth-order valence-corrected chi connectivity index (χ4v) is 14.8. The highest BCUT2D eigenvalue weighted by atomic mass is 32.1. The second-order valence-electron chi connectivity index (χ2n) is 22.5. The lowest BCUT2D eigenvalue weighted by molar-refractivity contribution is 0.477. The van der Waals surface area contributed by atoms with Crippen molar-refractivity contribution in [3.05, 3.63) is 242 Å². The van der Waals surface area contributed by atoms with Gasteiger partial charge in [-0.1, -0.05) is 211 Å². The first kappa shape index (κ1) is 47.1. The average molecular weight is 1030 g/mol. The van der Waals surface area contributed by atoms with E-state index < -0.39 is 0 Å². The Labute approximate surface area is 460 Å². The van der Waals surface area contributed by atoms with Crippen LogP contribution in [0.25, 0.3) is 43.1 Å². The standard InChI is InChI=1S/C70H56BN3OS2/c1-69(2,3)49-35-39-51(40-36-49)73-56-43-53(72-54-31-19-21-33-58(54)75-59-34-22-20-32-55(59)72)44-57-62(56)71(67-63(73)60(45-23-11-7-12-24-45)65(76-67)47-27-15-9-16-28-47)68-64(74(57)52-41-37-50(38-42-52)70(4,5)6)61(46-25-13-8-14-26-46)66(77-68)48-29-17-10-18-30-48/h7-44H,1-6H3. The van der Waals surface area contributed by atoms with Gasteiger partial charge in [0, 0.05) is 53.2 Å². The first-order valence-corrected chi connectivity index (χ1v) is 28.3. The number of benzene rings is 9. The number of rotatable bonds is 7. The van der Waals surface area contributed by atoms with Gasteiger partial charge in [-0.15, -0.1) is 22.7 Å². The fourth-order valence-electron chi connectivity index (χ4n) is 11.8. The van der Waals surface area contributed by atoms with Crippen LogP contribution in [0.15, 0.2) is 231 Å². The molecule has 4 nitrogen and oxygen atoms in total. The van der Waals surface area contributed by atoms with Crippen LogP contribution in [-0.2, 0) is 10.8 Å². The molecule has 0 atom stereocenters. The molecule has 77 heavy (non-hydrogen) atoms. The minimum absolute atomic E-state index is 0.0313. The molecule has 0 bridgehead atoms. The lowest BCUT2D eigenvalue weighted by atomic mass is 9.39. The Hall–Kier alpha value is -8.36. The van der Waals surface area contributed by atoms with E-state index in [9.17, 15) is 0 Å². The van der Waals surface area contributed by atoms with E-state index in [4.69, 9.17) is 4.74 Å². The van der Waals surface area contributed by atoms with Gasteiger partial charge in [-0.25, -0.2) is 0 Å². The highest BCUT2D eigenvalue weighted by Gasteiger charge is 2.49. The smallest absolute Gasteiger partial charge is 0.277 e. The highest BCUT2D eigenvalue weighted by Crippen LogP contribution is 2.58. The third-order valence-electron chi connectivity index (χ3n) is 15.6. The van der Waals surface area contributed by atoms with Crippen molar-refractivity contribution >= 4 is 95.6 Å². The average Bonchev–Trinajstić information content (AvgIpc) is 4.29. The van der Waals surface area contributed by atoms with E-state index in [1.54, 1.807) is 0 Å². The molecule has 9 aromatic carbocycles. The molecule has 0 saturated carbocycles. The lowest BCUT2D eigenvalue weighted by Crippen LogP contribution is -2.59. The van der Waals surface area contributed by atoms with Gasteiger partial charge in [-0.3, -0.25) is 0 Å². The molecule has 0 unspecified atom stereocenters. The van der Waals surface area contributed by atoms with E-state index in [0.717, 1.165) is 51.3 Å². The molecule has 0 radical (unpaired) electrons. The number of thiophene rings is 2. The maximum atomic E-state index is 6.74.